The maximum absolute atomic E-state index is 11.1. The number of benzene rings is 1. The van der Waals surface area contributed by atoms with E-state index in [9.17, 15) is 8.42 Å². The molecular formula is C11H18O3SSi. The number of aryl methyl sites for hydroxylation is 1. The molecule has 0 atom stereocenters. The van der Waals surface area contributed by atoms with Gasteiger partial charge in [-0.25, -0.2) is 8.42 Å². The fourth-order valence-electron chi connectivity index (χ4n) is 1.54. The van der Waals surface area contributed by atoms with Gasteiger partial charge >= 0.3 is 0 Å². The third-order valence-corrected chi connectivity index (χ3v) is 6.71. The summed E-state index contributed by atoms with van der Waals surface area (Å²) in [6.45, 7) is 3.86. The van der Waals surface area contributed by atoms with Crippen molar-refractivity contribution in [2.45, 2.75) is 25.6 Å². The fourth-order valence-corrected chi connectivity index (χ4v) is 6.04. The quantitative estimate of drug-likeness (QED) is 0.762. The van der Waals surface area contributed by atoms with Gasteiger partial charge < -0.3 is 3.87 Å². The molecule has 1 rings (SSSR count). The van der Waals surface area contributed by atoms with E-state index < -0.39 is 18.4 Å². The second-order valence-corrected chi connectivity index (χ2v) is 10.6. The Bertz CT molecular complexity index is 426. The molecule has 0 amide bonds. The van der Waals surface area contributed by atoms with Gasteiger partial charge in [-0.05, 0) is 31.1 Å². The molecule has 0 fully saturated rings. The average Bonchev–Trinajstić information content (AvgIpc) is 2.13. The first-order chi connectivity index (χ1) is 7.29. The van der Waals surface area contributed by atoms with E-state index in [0.29, 0.717) is 0 Å². The molecular weight excluding hydrogens is 240 g/mol. The van der Waals surface area contributed by atoms with Crippen LogP contribution in [-0.4, -0.2) is 23.0 Å². The smallest absolute Gasteiger partial charge is 0.254 e. The monoisotopic (exact) mass is 258 g/mol. The molecule has 0 heterocycles. The minimum atomic E-state index is -3.32. The Kier molecular flexibility index (Phi) is 4.29. The van der Waals surface area contributed by atoms with Crippen molar-refractivity contribution in [3.05, 3.63) is 35.9 Å². The van der Waals surface area contributed by atoms with Crippen LogP contribution < -0.4 is 0 Å². The van der Waals surface area contributed by atoms with Crippen LogP contribution in [-0.2, 0) is 20.4 Å². The van der Waals surface area contributed by atoms with Gasteiger partial charge in [0.25, 0.3) is 10.1 Å². The summed E-state index contributed by atoms with van der Waals surface area (Å²) in [5, 5.41) is 0. The largest absolute Gasteiger partial charge is 0.315 e. The Morgan fingerprint density at radius 3 is 2.25 bits per heavy atom. The Morgan fingerprint density at radius 2 is 1.75 bits per heavy atom. The van der Waals surface area contributed by atoms with E-state index in [1.165, 1.54) is 5.56 Å². The van der Waals surface area contributed by atoms with E-state index >= 15 is 0 Å². The molecule has 90 valence electrons. The van der Waals surface area contributed by atoms with Gasteiger partial charge in [0.1, 0.15) is 0 Å². The summed E-state index contributed by atoms with van der Waals surface area (Å²) < 4.78 is 27.3. The van der Waals surface area contributed by atoms with Gasteiger partial charge in [-0.1, -0.05) is 30.3 Å². The van der Waals surface area contributed by atoms with Crippen LogP contribution in [0.4, 0.5) is 0 Å². The van der Waals surface area contributed by atoms with Crippen molar-refractivity contribution < 1.29 is 12.3 Å². The molecule has 0 aromatic heterocycles. The van der Waals surface area contributed by atoms with Crippen molar-refractivity contribution in [3.63, 3.8) is 0 Å². The van der Waals surface area contributed by atoms with Crippen LogP contribution in [0, 0.1) is 0 Å². The zero-order valence-electron chi connectivity index (χ0n) is 9.93. The molecule has 0 spiro atoms. The van der Waals surface area contributed by atoms with E-state index in [1.54, 1.807) is 0 Å². The first-order valence-electron chi connectivity index (χ1n) is 5.23. The van der Waals surface area contributed by atoms with E-state index in [0.717, 1.165) is 18.7 Å². The second-order valence-electron chi connectivity index (χ2n) is 4.53. The molecule has 16 heavy (non-hydrogen) atoms. The number of rotatable bonds is 5. The second kappa shape index (κ2) is 5.12. The molecule has 3 nitrogen and oxygen atoms in total. The highest BCUT2D eigenvalue weighted by Gasteiger charge is 2.27. The van der Waals surface area contributed by atoms with Crippen molar-refractivity contribution in [2.75, 3.05) is 6.26 Å². The molecule has 0 aliphatic carbocycles. The summed E-state index contributed by atoms with van der Waals surface area (Å²) in [6, 6.07) is 10.8. The van der Waals surface area contributed by atoms with E-state index in [-0.39, 0.29) is 0 Å². The van der Waals surface area contributed by atoms with Gasteiger partial charge in [-0.3, -0.25) is 0 Å². The van der Waals surface area contributed by atoms with E-state index in [4.69, 9.17) is 3.87 Å². The molecule has 1 aromatic carbocycles. The van der Waals surface area contributed by atoms with Crippen LogP contribution >= 0.6 is 0 Å². The van der Waals surface area contributed by atoms with E-state index in [1.807, 2.05) is 43.4 Å². The highest BCUT2D eigenvalue weighted by atomic mass is 32.2. The van der Waals surface area contributed by atoms with Gasteiger partial charge in [0.15, 0.2) is 0 Å². The van der Waals surface area contributed by atoms with Gasteiger partial charge in [0, 0.05) is 0 Å². The Labute approximate surface area is 98.7 Å². The summed E-state index contributed by atoms with van der Waals surface area (Å²) in [6.07, 6.45) is 1.99. The topological polar surface area (TPSA) is 43.4 Å². The van der Waals surface area contributed by atoms with Crippen molar-refractivity contribution >= 4 is 18.4 Å². The van der Waals surface area contributed by atoms with Gasteiger partial charge in [-0.2, -0.15) is 0 Å². The minimum absolute atomic E-state index is 0.810. The molecule has 0 aliphatic rings. The highest BCUT2D eigenvalue weighted by molar-refractivity contribution is 7.87. The molecule has 5 heteroatoms. The maximum Gasteiger partial charge on any atom is 0.254 e. The molecule has 0 bridgehead atoms. The summed E-state index contributed by atoms with van der Waals surface area (Å²) in [5.74, 6) is 0. The summed E-state index contributed by atoms with van der Waals surface area (Å²) in [7, 11) is -5.43. The number of hydrogen-bond acceptors (Lipinski definition) is 3. The van der Waals surface area contributed by atoms with Crippen molar-refractivity contribution in [2.24, 2.45) is 0 Å². The Balaban J connectivity index is 2.55. The normalized spacial score (nSPS) is 12.7. The van der Waals surface area contributed by atoms with Crippen LogP contribution in [0.2, 0.25) is 19.1 Å². The zero-order valence-corrected chi connectivity index (χ0v) is 11.8. The van der Waals surface area contributed by atoms with E-state index in [2.05, 4.69) is 0 Å². The lowest BCUT2D eigenvalue weighted by Crippen LogP contribution is -2.33. The first kappa shape index (κ1) is 13.4. The Hall–Kier alpha value is -0.653. The van der Waals surface area contributed by atoms with Crippen LogP contribution in [0.5, 0.6) is 0 Å². The third-order valence-electron chi connectivity index (χ3n) is 2.24. The molecule has 0 saturated heterocycles. The lowest BCUT2D eigenvalue weighted by atomic mass is 10.2. The molecule has 0 radical (unpaired) electrons. The van der Waals surface area contributed by atoms with Gasteiger partial charge in [0.05, 0.1) is 6.26 Å². The van der Waals surface area contributed by atoms with Crippen LogP contribution in [0.25, 0.3) is 0 Å². The Morgan fingerprint density at radius 1 is 1.19 bits per heavy atom. The molecule has 0 unspecified atom stereocenters. The standard InChI is InChI=1S/C11H18O3SSi/c1-15(12,13)14-16(2,3)10-9-11-7-5-4-6-8-11/h4-8H,9-10H2,1-3H3. The average molecular weight is 258 g/mol. The predicted octanol–water partition coefficient (Wildman–Crippen LogP) is 2.41. The van der Waals surface area contributed by atoms with Crippen molar-refractivity contribution in [1.82, 2.24) is 0 Å². The third kappa shape index (κ3) is 5.44. The fraction of sp³-hybridized carbons (Fsp3) is 0.455. The van der Waals surface area contributed by atoms with Crippen molar-refractivity contribution in [1.29, 1.82) is 0 Å². The molecule has 1 aromatic rings. The first-order valence-corrected chi connectivity index (χ1v) is 10.2. The highest BCUT2D eigenvalue weighted by Crippen LogP contribution is 2.17. The van der Waals surface area contributed by atoms with Crippen LogP contribution in [0.15, 0.2) is 30.3 Å². The van der Waals surface area contributed by atoms with Crippen molar-refractivity contribution in [3.8, 4) is 0 Å². The lowest BCUT2D eigenvalue weighted by Gasteiger charge is -2.20. The molecule has 0 saturated carbocycles. The van der Waals surface area contributed by atoms with Crippen LogP contribution in [0.1, 0.15) is 5.56 Å². The minimum Gasteiger partial charge on any atom is -0.315 e. The lowest BCUT2D eigenvalue weighted by molar-refractivity contribution is 0.488. The molecule has 0 N–H and O–H groups in total. The van der Waals surface area contributed by atoms with Gasteiger partial charge in [-0.15, -0.1) is 0 Å². The summed E-state index contributed by atoms with van der Waals surface area (Å²) >= 11 is 0. The number of hydrogen-bond donors (Lipinski definition) is 0. The molecule has 0 aliphatic heterocycles. The van der Waals surface area contributed by atoms with Crippen LogP contribution in [0.3, 0.4) is 0 Å². The summed E-state index contributed by atoms with van der Waals surface area (Å²) in [5.41, 5.74) is 1.22. The van der Waals surface area contributed by atoms with Gasteiger partial charge in [0.2, 0.25) is 8.32 Å². The SMILES string of the molecule is C[Si](C)(CCc1ccccc1)OS(C)(=O)=O. The maximum atomic E-state index is 11.1. The zero-order chi connectivity index (χ0) is 12.2. The predicted molar refractivity (Wildman–Crippen MR) is 68.4 cm³/mol. The summed E-state index contributed by atoms with van der Waals surface area (Å²) in [4.78, 5) is 0.